The Morgan fingerprint density at radius 1 is 1.50 bits per heavy atom. The van der Waals surface area contributed by atoms with Gasteiger partial charge in [0.2, 0.25) is 11.8 Å². The first-order valence-electron chi connectivity index (χ1n) is 6.89. The van der Waals surface area contributed by atoms with Gasteiger partial charge in [0.25, 0.3) is 0 Å². The molecule has 1 aromatic rings. The third kappa shape index (κ3) is 3.36. The first kappa shape index (κ1) is 15.0. The van der Waals surface area contributed by atoms with Crippen LogP contribution in [0.5, 0.6) is 0 Å². The van der Waals surface area contributed by atoms with Crippen molar-refractivity contribution in [3.8, 4) is 0 Å². The minimum absolute atomic E-state index is 0.0744. The lowest BCUT2D eigenvalue weighted by Gasteiger charge is -2.18. The maximum absolute atomic E-state index is 12.2. The summed E-state index contributed by atoms with van der Waals surface area (Å²) in [6, 6.07) is 0. The first-order valence-corrected chi connectivity index (χ1v) is 7.71. The quantitative estimate of drug-likeness (QED) is 0.926. The summed E-state index contributed by atoms with van der Waals surface area (Å²) in [5.41, 5.74) is 0.939. The lowest BCUT2D eigenvalue weighted by molar-refractivity contribution is -0.128. The lowest BCUT2D eigenvalue weighted by atomic mass is 10.1. The van der Waals surface area contributed by atoms with E-state index in [9.17, 15) is 9.59 Å². The number of rotatable bonds is 4. The largest absolute Gasteiger partial charge is 0.342 e. The first-order chi connectivity index (χ1) is 9.36. The Morgan fingerprint density at radius 3 is 2.75 bits per heavy atom. The molecule has 110 valence electrons. The summed E-state index contributed by atoms with van der Waals surface area (Å²) < 4.78 is 0. The van der Waals surface area contributed by atoms with Gasteiger partial charge in [-0.05, 0) is 19.8 Å². The van der Waals surface area contributed by atoms with E-state index in [1.54, 1.807) is 4.90 Å². The number of aromatic nitrogens is 1. The van der Waals surface area contributed by atoms with Crippen LogP contribution in [0.1, 0.15) is 30.8 Å². The minimum Gasteiger partial charge on any atom is -0.342 e. The fourth-order valence-corrected chi connectivity index (χ4v) is 3.12. The Morgan fingerprint density at radius 2 is 2.20 bits per heavy atom. The van der Waals surface area contributed by atoms with Gasteiger partial charge >= 0.3 is 0 Å². The zero-order valence-electron chi connectivity index (χ0n) is 12.4. The van der Waals surface area contributed by atoms with E-state index in [1.165, 1.54) is 11.3 Å². The van der Waals surface area contributed by atoms with Crippen LogP contribution >= 0.6 is 11.3 Å². The zero-order chi connectivity index (χ0) is 14.9. The molecule has 0 aliphatic carbocycles. The Kier molecular flexibility index (Phi) is 4.42. The molecule has 1 saturated heterocycles. The van der Waals surface area contributed by atoms with Crippen LogP contribution in [-0.4, -0.2) is 34.8 Å². The molecule has 6 heteroatoms. The second kappa shape index (κ2) is 5.91. The van der Waals surface area contributed by atoms with E-state index >= 15 is 0 Å². The highest BCUT2D eigenvalue weighted by Gasteiger charge is 2.34. The van der Waals surface area contributed by atoms with E-state index in [1.807, 2.05) is 13.8 Å². The molecular weight excluding hydrogens is 274 g/mol. The highest BCUT2D eigenvalue weighted by molar-refractivity contribution is 7.15. The number of carbonyl (C=O) groups excluding carboxylic acids is 2. The molecular formula is C14H21N3O2S. The van der Waals surface area contributed by atoms with E-state index in [4.69, 9.17) is 0 Å². The van der Waals surface area contributed by atoms with Gasteiger partial charge < -0.3 is 10.2 Å². The number of anilines is 1. The number of hydrogen-bond acceptors (Lipinski definition) is 4. The molecule has 0 aromatic carbocycles. The molecule has 0 spiro atoms. The molecule has 1 aliphatic rings. The summed E-state index contributed by atoms with van der Waals surface area (Å²) in [7, 11) is 0. The van der Waals surface area contributed by atoms with Gasteiger partial charge in [0.05, 0.1) is 11.6 Å². The average molecular weight is 295 g/mol. The van der Waals surface area contributed by atoms with Gasteiger partial charge in [-0.15, -0.1) is 11.3 Å². The lowest BCUT2D eigenvalue weighted by Crippen LogP contribution is -2.31. The van der Waals surface area contributed by atoms with E-state index in [0.717, 1.165) is 17.1 Å². The van der Waals surface area contributed by atoms with Crippen LogP contribution in [0.4, 0.5) is 5.13 Å². The summed E-state index contributed by atoms with van der Waals surface area (Å²) in [4.78, 5) is 31.2. The van der Waals surface area contributed by atoms with Crippen molar-refractivity contribution in [1.29, 1.82) is 0 Å². The molecule has 1 aromatic heterocycles. The fraction of sp³-hybridized carbons (Fsp3) is 0.643. The molecule has 1 atom stereocenters. The third-order valence-electron chi connectivity index (χ3n) is 3.43. The van der Waals surface area contributed by atoms with Crippen molar-refractivity contribution in [2.75, 3.05) is 18.4 Å². The van der Waals surface area contributed by atoms with Crippen molar-refractivity contribution in [2.24, 2.45) is 11.8 Å². The average Bonchev–Trinajstić information content (AvgIpc) is 2.83. The van der Waals surface area contributed by atoms with E-state index in [0.29, 0.717) is 24.0 Å². The highest BCUT2D eigenvalue weighted by atomic mass is 32.1. The van der Waals surface area contributed by atoms with Crippen molar-refractivity contribution >= 4 is 28.3 Å². The van der Waals surface area contributed by atoms with Gasteiger partial charge in [0.15, 0.2) is 5.13 Å². The summed E-state index contributed by atoms with van der Waals surface area (Å²) in [5, 5.41) is 3.45. The number of carbonyl (C=O) groups is 2. The van der Waals surface area contributed by atoms with Gasteiger partial charge in [-0.1, -0.05) is 13.8 Å². The maximum Gasteiger partial charge on any atom is 0.231 e. The molecule has 0 unspecified atom stereocenters. The summed E-state index contributed by atoms with van der Waals surface area (Å²) in [6.45, 7) is 9.28. The van der Waals surface area contributed by atoms with Crippen LogP contribution in [0.2, 0.25) is 0 Å². The maximum atomic E-state index is 12.2. The predicted octanol–water partition coefficient (Wildman–Crippen LogP) is 2.20. The van der Waals surface area contributed by atoms with Crippen LogP contribution in [0.25, 0.3) is 0 Å². The number of thiazole rings is 1. The van der Waals surface area contributed by atoms with E-state index in [2.05, 4.69) is 24.1 Å². The second-order valence-electron chi connectivity index (χ2n) is 5.74. The van der Waals surface area contributed by atoms with Crippen LogP contribution in [0.15, 0.2) is 0 Å². The zero-order valence-corrected chi connectivity index (χ0v) is 13.2. The molecule has 1 aliphatic heterocycles. The van der Waals surface area contributed by atoms with Gasteiger partial charge in [0, 0.05) is 24.4 Å². The van der Waals surface area contributed by atoms with E-state index in [-0.39, 0.29) is 17.7 Å². The molecule has 20 heavy (non-hydrogen) atoms. The normalized spacial score (nSPS) is 18.9. The molecule has 2 heterocycles. The smallest absolute Gasteiger partial charge is 0.231 e. The number of aryl methyl sites for hydroxylation is 2. The van der Waals surface area contributed by atoms with Gasteiger partial charge in [-0.2, -0.15) is 0 Å². The van der Waals surface area contributed by atoms with E-state index < -0.39 is 0 Å². The molecule has 1 fully saturated rings. The molecule has 0 saturated carbocycles. The number of amides is 2. The highest BCUT2D eigenvalue weighted by Crippen LogP contribution is 2.24. The van der Waals surface area contributed by atoms with Crippen LogP contribution in [0.3, 0.4) is 0 Å². The summed E-state index contributed by atoms with van der Waals surface area (Å²) >= 11 is 1.47. The third-order valence-corrected chi connectivity index (χ3v) is 4.42. The number of nitrogens with one attached hydrogen (secondary N) is 1. The van der Waals surface area contributed by atoms with Crippen molar-refractivity contribution in [3.63, 3.8) is 0 Å². The fourth-order valence-electron chi connectivity index (χ4n) is 2.30. The van der Waals surface area contributed by atoms with Gasteiger partial charge in [-0.3, -0.25) is 9.59 Å². The molecule has 0 bridgehead atoms. The van der Waals surface area contributed by atoms with Gasteiger partial charge in [0.1, 0.15) is 0 Å². The SMILES string of the molecule is Cc1nc(NC(=O)[C@@H]2CC(=O)N(CC(C)C)C2)sc1C. The molecule has 5 nitrogen and oxygen atoms in total. The molecule has 1 N–H and O–H groups in total. The number of likely N-dealkylation sites (tertiary alicyclic amines) is 1. The minimum atomic E-state index is -0.259. The van der Waals surface area contributed by atoms with Crippen molar-refractivity contribution in [1.82, 2.24) is 9.88 Å². The number of nitrogens with zero attached hydrogens (tertiary/aromatic N) is 2. The van der Waals surface area contributed by atoms with Crippen LogP contribution in [-0.2, 0) is 9.59 Å². The summed E-state index contributed by atoms with van der Waals surface area (Å²) in [5.74, 6) is 0.138. The monoisotopic (exact) mass is 295 g/mol. The van der Waals surface area contributed by atoms with Crippen molar-refractivity contribution < 1.29 is 9.59 Å². The molecule has 0 radical (unpaired) electrons. The standard InChI is InChI=1S/C14H21N3O2S/c1-8(2)6-17-7-11(5-12(17)18)13(19)16-14-15-9(3)10(4)20-14/h8,11H,5-7H2,1-4H3,(H,15,16,19)/t11-/m1/s1. The second-order valence-corrected chi connectivity index (χ2v) is 6.95. The van der Waals surface area contributed by atoms with Crippen LogP contribution < -0.4 is 5.32 Å². The summed E-state index contributed by atoms with van der Waals surface area (Å²) in [6.07, 6.45) is 0.307. The van der Waals surface area contributed by atoms with Gasteiger partial charge in [-0.25, -0.2) is 4.98 Å². The Balaban J connectivity index is 1.95. The molecule has 2 amide bonds. The Hall–Kier alpha value is -1.43. The predicted molar refractivity (Wildman–Crippen MR) is 79.7 cm³/mol. The Labute approximate surface area is 123 Å². The topological polar surface area (TPSA) is 62.3 Å². The number of hydrogen-bond donors (Lipinski definition) is 1. The van der Waals surface area contributed by atoms with Crippen molar-refractivity contribution in [3.05, 3.63) is 10.6 Å². The van der Waals surface area contributed by atoms with Crippen molar-refractivity contribution in [2.45, 2.75) is 34.1 Å². The molecule has 2 rings (SSSR count). The van der Waals surface area contributed by atoms with Crippen LogP contribution in [0, 0.1) is 25.7 Å². The Bertz CT molecular complexity index is 505.